The summed E-state index contributed by atoms with van der Waals surface area (Å²) in [6.07, 6.45) is 2.42. The van der Waals surface area contributed by atoms with Crippen molar-refractivity contribution in [3.63, 3.8) is 0 Å². The molecule has 1 aliphatic heterocycles. The zero-order valence-corrected chi connectivity index (χ0v) is 13.3. The van der Waals surface area contributed by atoms with E-state index in [1.807, 2.05) is 11.8 Å². The van der Waals surface area contributed by atoms with Crippen molar-refractivity contribution in [2.24, 2.45) is 5.92 Å². The molecule has 0 radical (unpaired) electrons. The fourth-order valence-corrected chi connectivity index (χ4v) is 3.39. The maximum Gasteiger partial charge on any atom is 0.244 e. The van der Waals surface area contributed by atoms with Crippen LogP contribution in [0.1, 0.15) is 38.6 Å². The first kappa shape index (κ1) is 14.6. The minimum atomic E-state index is 0.190. The number of rotatable bonds is 4. The third kappa shape index (κ3) is 3.30. The SMILES string of the molecule is CCSc1ccc(-c2noc(C3NCCCC3C)n2)cc1. The zero-order chi connectivity index (χ0) is 14.7. The lowest BCUT2D eigenvalue weighted by molar-refractivity contribution is 0.239. The van der Waals surface area contributed by atoms with Crippen molar-refractivity contribution < 1.29 is 4.52 Å². The molecule has 3 rings (SSSR count). The molecule has 0 aliphatic carbocycles. The van der Waals surface area contributed by atoms with Gasteiger partial charge in [0.25, 0.3) is 0 Å². The van der Waals surface area contributed by atoms with Gasteiger partial charge in [-0.2, -0.15) is 4.98 Å². The van der Waals surface area contributed by atoms with E-state index in [2.05, 4.69) is 53.6 Å². The van der Waals surface area contributed by atoms with Crippen molar-refractivity contribution in [1.82, 2.24) is 15.5 Å². The highest BCUT2D eigenvalue weighted by molar-refractivity contribution is 7.99. The third-order valence-electron chi connectivity index (χ3n) is 3.90. The molecule has 1 aromatic carbocycles. The lowest BCUT2D eigenvalue weighted by Gasteiger charge is -2.26. The van der Waals surface area contributed by atoms with E-state index in [1.54, 1.807) is 0 Å². The number of nitrogens with zero attached hydrogens (tertiary/aromatic N) is 2. The van der Waals surface area contributed by atoms with Crippen molar-refractivity contribution in [3.05, 3.63) is 30.2 Å². The minimum absolute atomic E-state index is 0.190. The molecule has 112 valence electrons. The van der Waals surface area contributed by atoms with Crippen LogP contribution in [0.4, 0.5) is 0 Å². The molecule has 4 nitrogen and oxygen atoms in total. The van der Waals surface area contributed by atoms with Crippen LogP contribution < -0.4 is 5.32 Å². The molecule has 1 N–H and O–H groups in total. The molecule has 2 aromatic rings. The van der Waals surface area contributed by atoms with Crippen LogP contribution in [0.2, 0.25) is 0 Å². The van der Waals surface area contributed by atoms with Crippen LogP contribution >= 0.6 is 11.8 Å². The molecule has 0 saturated carbocycles. The second-order valence-electron chi connectivity index (χ2n) is 5.46. The van der Waals surface area contributed by atoms with Crippen LogP contribution in [0, 0.1) is 5.92 Å². The Morgan fingerprint density at radius 2 is 2.14 bits per heavy atom. The van der Waals surface area contributed by atoms with Gasteiger partial charge in [-0.15, -0.1) is 11.8 Å². The molecule has 1 fully saturated rings. The van der Waals surface area contributed by atoms with Crippen molar-refractivity contribution in [1.29, 1.82) is 0 Å². The summed E-state index contributed by atoms with van der Waals surface area (Å²) in [4.78, 5) is 5.85. The summed E-state index contributed by atoms with van der Waals surface area (Å²) in [5.41, 5.74) is 1.01. The maximum atomic E-state index is 5.48. The van der Waals surface area contributed by atoms with E-state index in [0.717, 1.165) is 17.9 Å². The Hall–Kier alpha value is -1.33. The fourth-order valence-electron chi connectivity index (χ4n) is 2.73. The highest BCUT2D eigenvalue weighted by Crippen LogP contribution is 2.29. The van der Waals surface area contributed by atoms with E-state index in [9.17, 15) is 0 Å². The zero-order valence-electron chi connectivity index (χ0n) is 12.5. The van der Waals surface area contributed by atoms with Gasteiger partial charge in [0.2, 0.25) is 11.7 Å². The summed E-state index contributed by atoms with van der Waals surface area (Å²) in [6, 6.07) is 8.53. The summed E-state index contributed by atoms with van der Waals surface area (Å²) in [6.45, 7) is 5.41. The second-order valence-corrected chi connectivity index (χ2v) is 6.80. The Balaban J connectivity index is 1.77. The summed E-state index contributed by atoms with van der Waals surface area (Å²) in [5.74, 6) is 3.01. The van der Waals surface area contributed by atoms with Gasteiger partial charge in [0.1, 0.15) is 0 Å². The lowest BCUT2D eigenvalue weighted by atomic mass is 9.93. The second kappa shape index (κ2) is 6.62. The molecule has 2 heterocycles. The van der Waals surface area contributed by atoms with Crippen LogP contribution in [-0.4, -0.2) is 22.4 Å². The smallest absolute Gasteiger partial charge is 0.244 e. The summed E-state index contributed by atoms with van der Waals surface area (Å²) >= 11 is 1.83. The Bertz CT molecular complexity index is 581. The van der Waals surface area contributed by atoms with Crippen LogP contribution in [0.3, 0.4) is 0 Å². The Labute approximate surface area is 129 Å². The van der Waals surface area contributed by atoms with Crippen LogP contribution in [-0.2, 0) is 0 Å². The third-order valence-corrected chi connectivity index (χ3v) is 4.80. The first-order valence-corrected chi connectivity index (χ1v) is 8.56. The van der Waals surface area contributed by atoms with E-state index >= 15 is 0 Å². The molecule has 0 amide bonds. The van der Waals surface area contributed by atoms with Gasteiger partial charge >= 0.3 is 0 Å². The minimum Gasteiger partial charge on any atom is -0.337 e. The Morgan fingerprint density at radius 1 is 1.33 bits per heavy atom. The highest BCUT2D eigenvalue weighted by Gasteiger charge is 2.27. The van der Waals surface area contributed by atoms with Gasteiger partial charge in [0.15, 0.2) is 0 Å². The van der Waals surface area contributed by atoms with Crippen molar-refractivity contribution >= 4 is 11.8 Å². The lowest BCUT2D eigenvalue weighted by Crippen LogP contribution is -2.33. The molecule has 5 heteroatoms. The van der Waals surface area contributed by atoms with Gasteiger partial charge in [0, 0.05) is 10.5 Å². The average Bonchev–Trinajstić information content (AvgIpc) is 2.98. The standard InChI is InChI=1S/C16H21N3OS/c1-3-21-13-8-6-12(7-9-13)15-18-16(20-19-15)14-11(2)5-4-10-17-14/h6-9,11,14,17H,3-5,10H2,1-2H3. The van der Waals surface area contributed by atoms with Crippen LogP contribution in [0.5, 0.6) is 0 Å². The van der Waals surface area contributed by atoms with Gasteiger partial charge in [-0.05, 0) is 55.3 Å². The van der Waals surface area contributed by atoms with Gasteiger partial charge in [-0.1, -0.05) is 19.0 Å². The first-order valence-electron chi connectivity index (χ1n) is 7.58. The fraction of sp³-hybridized carbons (Fsp3) is 0.500. The number of benzene rings is 1. The van der Waals surface area contributed by atoms with E-state index in [4.69, 9.17) is 4.52 Å². The molecule has 2 unspecified atom stereocenters. The van der Waals surface area contributed by atoms with Crippen molar-refractivity contribution in [3.8, 4) is 11.4 Å². The van der Waals surface area contributed by atoms with Crippen LogP contribution in [0.25, 0.3) is 11.4 Å². The molecule has 1 aliphatic rings. The highest BCUT2D eigenvalue weighted by atomic mass is 32.2. The largest absolute Gasteiger partial charge is 0.337 e. The van der Waals surface area contributed by atoms with Crippen molar-refractivity contribution in [2.75, 3.05) is 12.3 Å². The Morgan fingerprint density at radius 3 is 2.86 bits per heavy atom. The predicted molar refractivity (Wildman–Crippen MR) is 85.3 cm³/mol. The molecule has 2 atom stereocenters. The number of aromatic nitrogens is 2. The van der Waals surface area contributed by atoms with Gasteiger partial charge in [0.05, 0.1) is 6.04 Å². The summed E-state index contributed by atoms with van der Waals surface area (Å²) < 4.78 is 5.48. The van der Waals surface area contributed by atoms with Crippen molar-refractivity contribution in [2.45, 2.75) is 37.6 Å². The first-order chi connectivity index (χ1) is 10.3. The number of piperidine rings is 1. The van der Waals surface area contributed by atoms with E-state index in [0.29, 0.717) is 17.6 Å². The van der Waals surface area contributed by atoms with E-state index in [1.165, 1.54) is 17.7 Å². The normalized spacial score (nSPS) is 22.4. The average molecular weight is 303 g/mol. The monoisotopic (exact) mass is 303 g/mol. The van der Waals surface area contributed by atoms with E-state index in [-0.39, 0.29) is 6.04 Å². The predicted octanol–water partition coefficient (Wildman–Crippen LogP) is 3.91. The summed E-state index contributed by atoms with van der Waals surface area (Å²) in [5, 5.41) is 7.62. The van der Waals surface area contributed by atoms with Gasteiger partial charge < -0.3 is 9.84 Å². The molecular formula is C16H21N3OS. The molecular weight excluding hydrogens is 282 g/mol. The number of thioether (sulfide) groups is 1. The molecule has 0 spiro atoms. The number of hydrogen-bond donors (Lipinski definition) is 1. The summed E-state index contributed by atoms with van der Waals surface area (Å²) in [7, 11) is 0. The Kier molecular flexibility index (Phi) is 4.60. The quantitative estimate of drug-likeness (QED) is 0.868. The topological polar surface area (TPSA) is 51.0 Å². The molecule has 1 aromatic heterocycles. The molecule has 1 saturated heterocycles. The molecule has 0 bridgehead atoms. The maximum absolute atomic E-state index is 5.48. The number of nitrogens with one attached hydrogen (secondary N) is 1. The van der Waals surface area contributed by atoms with Crippen LogP contribution in [0.15, 0.2) is 33.7 Å². The molecule has 21 heavy (non-hydrogen) atoms. The number of hydrogen-bond acceptors (Lipinski definition) is 5. The van der Waals surface area contributed by atoms with Gasteiger partial charge in [-0.3, -0.25) is 0 Å². The van der Waals surface area contributed by atoms with E-state index < -0.39 is 0 Å². The van der Waals surface area contributed by atoms with Gasteiger partial charge in [-0.25, -0.2) is 0 Å².